The van der Waals surface area contributed by atoms with Crippen molar-refractivity contribution in [2.45, 2.75) is 45.3 Å². The average molecular weight is 214 g/mol. The summed E-state index contributed by atoms with van der Waals surface area (Å²) in [6, 6.07) is 0. The van der Waals surface area contributed by atoms with Gasteiger partial charge in [0.25, 0.3) is 0 Å². The van der Waals surface area contributed by atoms with Crippen molar-refractivity contribution in [2.24, 2.45) is 0 Å². The molecule has 1 unspecified atom stereocenters. The summed E-state index contributed by atoms with van der Waals surface area (Å²) < 4.78 is 0. The lowest BCUT2D eigenvalue weighted by Crippen LogP contribution is -2.58. The van der Waals surface area contributed by atoms with Crippen LogP contribution in [0.4, 0.5) is 0 Å². The summed E-state index contributed by atoms with van der Waals surface area (Å²) in [7, 11) is 2.18. The predicted molar refractivity (Wildman–Crippen MR) is 64.1 cm³/mol. The van der Waals surface area contributed by atoms with Gasteiger partial charge in [-0.15, -0.1) is 0 Å². The first kappa shape index (κ1) is 12.9. The molecule has 3 nitrogen and oxygen atoms in total. The smallest absolute Gasteiger partial charge is 0.0667 e. The molecule has 0 aromatic rings. The summed E-state index contributed by atoms with van der Waals surface area (Å²) in [5, 5.41) is 9.78. The largest absolute Gasteiger partial charge is 0.392 e. The molecule has 1 rings (SSSR count). The minimum Gasteiger partial charge on any atom is -0.392 e. The van der Waals surface area contributed by atoms with Gasteiger partial charge in [-0.25, -0.2) is 0 Å². The molecule has 1 heterocycles. The Morgan fingerprint density at radius 1 is 1.33 bits per heavy atom. The van der Waals surface area contributed by atoms with E-state index in [-0.39, 0.29) is 11.6 Å². The molecule has 3 heteroatoms. The van der Waals surface area contributed by atoms with Crippen molar-refractivity contribution in [3.63, 3.8) is 0 Å². The van der Waals surface area contributed by atoms with Crippen molar-refractivity contribution >= 4 is 0 Å². The number of rotatable bonds is 4. The number of aliphatic hydroxyl groups is 1. The quantitative estimate of drug-likeness (QED) is 0.761. The Kier molecular flexibility index (Phi) is 4.56. The first-order valence-electron chi connectivity index (χ1n) is 6.07. The Bertz CT molecular complexity index is 194. The van der Waals surface area contributed by atoms with E-state index in [1.807, 2.05) is 0 Å². The molecule has 0 spiro atoms. The van der Waals surface area contributed by atoms with Crippen LogP contribution >= 0.6 is 0 Å². The van der Waals surface area contributed by atoms with E-state index in [0.29, 0.717) is 0 Å². The monoisotopic (exact) mass is 214 g/mol. The van der Waals surface area contributed by atoms with Crippen LogP contribution in [0.1, 0.15) is 33.6 Å². The molecule has 1 atom stereocenters. The van der Waals surface area contributed by atoms with E-state index < -0.39 is 0 Å². The molecule has 1 aliphatic heterocycles. The van der Waals surface area contributed by atoms with Crippen molar-refractivity contribution in [3.05, 3.63) is 0 Å². The van der Waals surface area contributed by atoms with Crippen LogP contribution in [-0.2, 0) is 0 Å². The Balaban J connectivity index is 2.38. The third-order valence-electron chi connectivity index (χ3n) is 3.49. The van der Waals surface area contributed by atoms with Gasteiger partial charge in [-0.3, -0.25) is 9.80 Å². The molecular weight excluding hydrogens is 188 g/mol. The Hall–Kier alpha value is -0.120. The predicted octanol–water partition coefficient (Wildman–Crippen LogP) is 1.17. The zero-order chi connectivity index (χ0) is 11.5. The van der Waals surface area contributed by atoms with E-state index in [1.54, 1.807) is 0 Å². The molecule has 90 valence electrons. The number of hydrogen-bond acceptors (Lipinski definition) is 3. The van der Waals surface area contributed by atoms with Gasteiger partial charge in [0.2, 0.25) is 0 Å². The van der Waals surface area contributed by atoms with Crippen LogP contribution in [0.15, 0.2) is 0 Å². The zero-order valence-corrected chi connectivity index (χ0v) is 10.7. The van der Waals surface area contributed by atoms with Gasteiger partial charge in [0.15, 0.2) is 0 Å². The van der Waals surface area contributed by atoms with Gasteiger partial charge in [-0.2, -0.15) is 0 Å². The van der Waals surface area contributed by atoms with Crippen LogP contribution in [0.5, 0.6) is 0 Å². The van der Waals surface area contributed by atoms with Crippen molar-refractivity contribution in [1.29, 1.82) is 0 Å². The van der Waals surface area contributed by atoms with Gasteiger partial charge in [0.05, 0.1) is 6.10 Å². The summed E-state index contributed by atoms with van der Waals surface area (Å²) in [4.78, 5) is 4.79. The number of β-amino-alcohol motifs (C(OH)–C–C–N with tert-alkyl or cyclic N) is 1. The molecule has 1 aliphatic rings. The lowest BCUT2D eigenvalue weighted by atomic mass is 9.99. The van der Waals surface area contributed by atoms with Crippen LogP contribution in [0.2, 0.25) is 0 Å². The van der Waals surface area contributed by atoms with Crippen LogP contribution < -0.4 is 0 Å². The van der Waals surface area contributed by atoms with Crippen LogP contribution in [0.25, 0.3) is 0 Å². The number of nitrogens with zero attached hydrogens (tertiary/aromatic N) is 2. The van der Waals surface area contributed by atoms with Crippen molar-refractivity contribution in [2.75, 3.05) is 33.2 Å². The third kappa shape index (κ3) is 3.74. The van der Waals surface area contributed by atoms with Crippen LogP contribution in [-0.4, -0.2) is 59.8 Å². The standard InChI is InChI=1S/C12H26N2O/c1-5-6-11(15)9-14-8-7-13(4)12(2,3)10-14/h11,15H,5-10H2,1-4H3. The molecule has 1 N–H and O–H groups in total. The molecule has 0 aromatic heterocycles. The molecule has 0 saturated carbocycles. The zero-order valence-electron chi connectivity index (χ0n) is 10.7. The Labute approximate surface area is 94.1 Å². The summed E-state index contributed by atoms with van der Waals surface area (Å²) in [5.74, 6) is 0. The summed E-state index contributed by atoms with van der Waals surface area (Å²) in [6.07, 6.45) is 1.85. The van der Waals surface area contributed by atoms with Gasteiger partial charge >= 0.3 is 0 Å². The SMILES string of the molecule is CCCC(O)CN1CCN(C)C(C)(C)C1. The molecule has 1 fully saturated rings. The van der Waals surface area contributed by atoms with E-state index in [9.17, 15) is 5.11 Å². The number of likely N-dealkylation sites (N-methyl/N-ethyl adjacent to an activating group) is 1. The van der Waals surface area contributed by atoms with Crippen molar-refractivity contribution in [3.8, 4) is 0 Å². The first-order valence-corrected chi connectivity index (χ1v) is 6.07. The van der Waals surface area contributed by atoms with Crippen molar-refractivity contribution < 1.29 is 5.11 Å². The highest BCUT2D eigenvalue weighted by Crippen LogP contribution is 2.19. The van der Waals surface area contributed by atoms with E-state index in [2.05, 4.69) is 37.6 Å². The maximum atomic E-state index is 9.78. The molecule has 0 radical (unpaired) electrons. The van der Waals surface area contributed by atoms with Gasteiger partial charge < -0.3 is 5.11 Å². The average Bonchev–Trinajstić information content (AvgIpc) is 2.11. The fourth-order valence-corrected chi connectivity index (χ4v) is 2.22. The Morgan fingerprint density at radius 2 is 2.00 bits per heavy atom. The molecule has 0 bridgehead atoms. The number of aliphatic hydroxyl groups excluding tert-OH is 1. The minimum absolute atomic E-state index is 0.144. The lowest BCUT2D eigenvalue weighted by Gasteiger charge is -2.45. The van der Waals surface area contributed by atoms with E-state index in [1.165, 1.54) is 0 Å². The van der Waals surface area contributed by atoms with Gasteiger partial charge in [-0.05, 0) is 27.3 Å². The van der Waals surface area contributed by atoms with E-state index in [4.69, 9.17) is 0 Å². The second-order valence-electron chi connectivity index (χ2n) is 5.41. The number of piperazine rings is 1. The summed E-state index contributed by atoms with van der Waals surface area (Å²) in [6.45, 7) is 10.7. The highest BCUT2D eigenvalue weighted by molar-refractivity contribution is 4.88. The first-order chi connectivity index (χ1) is 6.95. The second-order valence-corrected chi connectivity index (χ2v) is 5.41. The minimum atomic E-state index is -0.144. The highest BCUT2D eigenvalue weighted by atomic mass is 16.3. The topological polar surface area (TPSA) is 26.7 Å². The molecular formula is C12H26N2O. The maximum absolute atomic E-state index is 9.78. The lowest BCUT2D eigenvalue weighted by molar-refractivity contribution is 0.0129. The summed E-state index contributed by atoms with van der Waals surface area (Å²) in [5.41, 5.74) is 0.240. The molecule has 0 aromatic carbocycles. The summed E-state index contributed by atoms with van der Waals surface area (Å²) >= 11 is 0. The van der Waals surface area contributed by atoms with Gasteiger partial charge in [0.1, 0.15) is 0 Å². The van der Waals surface area contributed by atoms with E-state index in [0.717, 1.165) is 39.0 Å². The third-order valence-corrected chi connectivity index (χ3v) is 3.49. The Morgan fingerprint density at radius 3 is 2.53 bits per heavy atom. The maximum Gasteiger partial charge on any atom is 0.0667 e. The fourth-order valence-electron chi connectivity index (χ4n) is 2.22. The number of hydrogen-bond donors (Lipinski definition) is 1. The molecule has 0 amide bonds. The van der Waals surface area contributed by atoms with Gasteiger partial charge in [-0.1, -0.05) is 13.3 Å². The molecule has 15 heavy (non-hydrogen) atoms. The second kappa shape index (κ2) is 5.28. The highest BCUT2D eigenvalue weighted by Gasteiger charge is 2.31. The van der Waals surface area contributed by atoms with Gasteiger partial charge in [0, 0.05) is 31.7 Å². The molecule has 0 aliphatic carbocycles. The van der Waals surface area contributed by atoms with Crippen molar-refractivity contribution in [1.82, 2.24) is 9.80 Å². The van der Waals surface area contributed by atoms with E-state index >= 15 is 0 Å². The van der Waals surface area contributed by atoms with Crippen LogP contribution in [0, 0.1) is 0 Å². The normalized spacial score (nSPS) is 25.4. The molecule has 1 saturated heterocycles. The van der Waals surface area contributed by atoms with Crippen LogP contribution in [0.3, 0.4) is 0 Å². The fraction of sp³-hybridized carbons (Fsp3) is 1.00.